The van der Waals surface area contributed by atoms with Gasteiger partial charge < -0.3 is 24.8 Å². The van der Waals surface area contributed by atoms with Crippen LogP contribution in [0.25, 0.3) is 11.3 Å². The highest BCUT2D eigenvalue weighted by atomic mass is 32.2. The lowest BCUT2D eigenvalue weighted by Gasteiger charge is -2.41. The van der Waals surface area contributed by atoms with Gasteiger partial charge >= 0.3 is 6.36 Å². The van der Waals surface area contributed by atoms with Crippen LogP contribution in [0.1, 0.15) is 6.04 Å². The van der Waals surface area contributed by atoms with E-state index in [9.17, 15) is 41.7 Å². The molecule has 4 rings (SSSR count). The van der Waals surface area contributed by atoms with Gasteiger partial charge in [0.05, 0.1) is 12.8 Å². The van der Waals surface area contributed by atoms with Gasteiger partial charge in [-0.2, -0.15) is 0 Å². The van der Waals surface area contributed by atoms with Crippen molar-refractivity contribution in [3.05, 3.63) is 60.0 Å². The Balaban J connectivity index is 1.60. The SMILES string of the molecule is OC[C@H]1O[C@H](Sc2cccc(OC(F)(F)F)c2)[C@H](O)[C@@H](n2cc(-c3cc(F)c(F)c(F)c3)nn2)[C@H]1O. The third kappa shape index (κ3) is 5.59. The molecule has 3 aromatic rings. The van der Waals surface area contributed by atoms with E-state index in [0.717, 1.165) is 34.8 Å². The van der Waals surface area contributed by atoms with Crippen LogP contribution < -0.4 is 4.74 Å². The highest BCUT2D eigenvalue weighted by Gasteiger charge is 2.46. The third-order valence-electron chi connectivity index (χ3n) is 5.24. The van der Waals surface area contributed by atoms with Gasteiger partial charge in [0.15, 0.2) is 17.5 Å². The molecule has 0 aliphatic carbocycles. The first-order chi connectivity index (χ1) is 17.0. The smallest absolute Gasteiger partial charge is 0.406 e. The van der Waals surface area contributed by atoms with Gasteiger partial charge in [-0.15, -0.1) is 18.3 Å². The fourth-order valence-corrected chi connectivity index (χ4v) is 4.72. The summed E-state index contributed by atoms with van der Waals surface area (Å²) >= 11 is 0.797. The molecule has 3 N–H and O–H groups in total. The van der Waals surface area contributed by atoms with E-state index in [0.29, 0.717) is 12.1 Å². The molecular formula is C21H17F6N3O5S. The van der Waals surface area contributed by atoms with Gasteiger partial charge in [0, 0.05) is 10.5 Å². The van der Waals surface area contributed by atoms with Crippen LogP contribution in [0, 0.1) is 17.5 Å². The highest BCUT2D eigenvalue weighted by molar-refractivity contribution is 7.99. The number of aliphatic hydroxyl groups excluding tert-OH is 3. The Kier molecular flexibility index (Phi) is 7.47. The van der Waals surface area contributed by atoms with E-state index >= 15 is 0 Å². The topological polar surface area (TPSA) is 110 Å². The van der Waals surface area contributed by atoms with Gasteiger partial charge in [-0.05, 0) is 30.3 Å². The van der Waals surface area contributed by atoms with Crippen molar-refractivity contribution in [1.29, 1.82) is 0 Å². The number of hydrogen-bond acceptors (Lipinski definition) is 8. The monoisotopic (exact) mass is 537 g/mol. The second-order valence-corrected chi connectivity index (χ2v) is 8.85. The number of aliphatic hydroxyl groups is 3. The van der Waals surface area contributed by atoms with Crippen LogP contribution in [0.3, 0.4) is 0 Å². The molecule has 5 atom stereocenters. The molecule has 0 saturated carbocycles. The Morgan fingerprint density at radius 3 is 2.39 bits per heavy atom. The van der Waals surface area contributed by atoms with Crippen molar-refractivity contribution in [1.82, 2.24) is 15.0 Å². The van der Waals surface area contributed by atoms with Crippen molar-refractivity contribution in [2.75, 3.05) is 6.61 Å². The first-order valence-electron chi connectivity index (χ1n) is 10.2. The average Bonchev–Trinajstić information content (AvgIpc) is 3.28. The number of ether oxygens (including phenoxy) is 2. The van der Waals surface area contributed by atoms with Crippen LogP contribution in [-0.2, 0) is 4.74 Å². The Morgan fingerprint density at radius 1 is 1.06 bits per heavy atom. The lowest BCUT2D eigenvalue weighted by Crippen LogP contribution is -2.55. The van der Waals surface area contributed by atoms with Crippen LogP contribution in [0.15, 0.2) is 47.5 Å². The first kappa shape index (κ1) is 26.2. The molecule has 1 aliphatic rings. The summed E-state index contributed by atoms with van der Waals surface area (Å²) in [5.41, 5.74) is -1.48. The van der Waals surface area contributed by atoms with Crippen molar-refractivity contribution in [2.45, 2.75) is 41.0 Å². The maximum Gasteiger partial charge on any atom is 0.573 e. The predicted molar refractivity (Wildman–Crippen MR) is 111 cm³/mol. The quantitative estimate of drug-likeness (QED) is 0.325. The van der Waals surface area contributed by atoms with E-state index in [-0.39, 0.29) is 16.2 Å². The van der Waals surface area contributed by atoms with Gasteiger partial charge in [0.25, 0.3) is 0 Å². The lowest BCUT2D eigenvalue weighted by molar-refractivity contribution is -0.274. The zero-order valence-electron chi connectivity index (χ0n) is 17.8. The lowest BCUT2D eigenvalue weighted by atomic mass is 9.97. The summed E-state index contributed by atoms with van der Waals surface area (Å²) in [6.45, 7) is -0.686. The molecule has 8 nitrogen and oxygen atoms in total. The van der Waals surface area contributed by atoms with E-state index in [1.165, 1.54) is 12.1 Å². The van der Waals surface area contributed by atoms with Crippen LogP contribution in [0.4, 0.5) is 26.3 Å². The molecule has 0 spiro atoms. The third-order valence-corrected chi connectivity index (χ3v) is 6.38. The van der Waals surface area contributed by atoms with Gasteiger partial charge in [0.2, 0.25) is 0 Å². The Hall–Kier alpha value is -2.85. The molecule has 0 amide bonds. The molecule has 36 heavy (non-hydrogen) atoms. The molecule has 1 fully saturated rings. The largest absolute Gasteiger partial charge is 0.573 e. The molecule has 194 valence electrons. The van der Waals surface area contributed by atoms with Crippen LogP contribution in [0.5, 0.6) is 5.75 Å². The minimum atomic E-state index is -4.91. The fraction of sp³-hybridized carbons (Fsp3) is 0.333. The summed E-state index contributed by atoms with van der Waals surface area (Å²) in [4.78, 5) is 0.212. The van der Waals surface area contributed by atoms with E-state index in [1.807, 2.05) is 0 Å². The molecule has 1 aliphatic heterocycles. The van der Waals surface area contributed by atoms with Gasteiger partial charge in [-0.3, -0.25) is 0 Å². The summed E-state index contributed by atoms with van der Waals surface area (Å²) in [6, 6.07) is 4.95. The molecule has 2 aromatic carbocycles. The molecule has 15 heteroatoms. The minimum absolute atomic E-state index is 0.111. The number of hydrogen-bond donors (Lipinski definition) is 3. The Bertz CT molecular complexity index is 1210. The molecule has 0 bridgehead atoms. The highest BCUT2D eigenvalue weighted by Crippen LogP contribution is 2.39. The standard InChI is InChI=1S/C21H17F6N3O5S/c22-12-4-9(5-13(23)16(12)24)14-7-30(29-28-14)17-18(32)15(8-31)34-20(19(17)33)36-11-3-1-2-10(6-11)35-21(25,26)27/h1-7,15,17-20,31-33H,8H2/t15-,17+,18+,19-,20-/m1/s1. The minimum Gasteiger partial charge on any atom is -0.406 e. The van der Waals surface area contributed by atoms with E-state index < -0.39 is 66.0 Å². The van der Waals surface area contributed by atoms with Crippen molar-refractivity contribution in [3.63, 3.8) is 0 Å². The molecule has 0 radical (unpaired) electrons. The summed E-state index contributed by atoms with van der Waals surface area (Å²) in [5.74, 6) is -5.09. The predicted octanol–water partition coefficient (Wildman–Crippen LogP) is 3.03. The fourth-order valence-electron chi connectivity index (χ4n) is 3.61. The van der Waals surface area contributed by atoms with Crippen molar-refractivity contribution < 1.29 is 51.1 Å². The van der Waals surface area contributed by atoms with Crippen molar-refractivity contribution in [3.8, 4) is 17.0 Å². The van der Waals surface area contributed by atoms with Crippen molar-refractivity contribution >= 4 is 11.8 Å². The summed E-state index contributed by atoms with van der Waals surface area (Å²) in [5, 5.41) is 38.8. The Morgan fingerprint density at radius 2 is 1.75 bits per heavy atom. The van der Waals surface area contributed by atoms with Crippen molar-refractivity contribution in [2.24, 2.45) is 0 Å². The number of halogens is 6. The summed E-state index contributed by atoms with van der Waals surface area (Å²) < 4.78 is 88.5. The maximum absolute atomic E-state index is 13.6. The van der Waals surface area contributed by atoms with E-state index in [2.05, 4.69) is 15.0 Å². The van der Waals surface area contributed by atoms with Gasteiger partial charge in [-0.25, -0.2) is 17.9 Å². The first-order valence-corrected chi connectivity index (χ1v) is 11.1. The number of nitrogens with zero attached hydrogens (tertiary/aromatic N) is 3. The molecule has 0 unspecified atom stereocenters. The van der Waals surface area contributed by atoms with E-state index in [1.54, 1.807) is 0 Å². The number of aromatic nitrogens is 3. The van der Waals surface area contributed by atoms with Crippen LogP contribution in [-0.4, -0.2) is 67.0 Å². The second kappa shape index (κ2) is 10.3. The summed E-state index contributed by atoms with van der Waals surface area (Å²) in [6.07, 6.45) is -8.08. The average molecular weight is 537 g/mol. The number of thioether (sulfide) groups is 1. The zero-order chi connectivity index (χ0) is 26.2. The van der Waals surface area contributed by atoms with E-state index in [4.69, 9.17) is 4.74 Å². The van der Waals surface area contributed by atoms with Gasteiger partial charge in [-0.1, -0.05) is 23.0 Å². The molecular weight excluding hydrogens is 520 g/mol. The van der Waals surface area contributed by atoms with Crippen LogP contribution in [0.2, 0.25) is 0 Å². The maximum atomic E-state index is 13.6. The normalized spacial score (nSPS) is 24.6. The molecule has 1 saturated heterocycles. The molecule has 2 heterocycles. The molecule has 1 aromatic heterocycles. The zero-order valence-corrected chi connectivity index (χ0v) is 18.6. The number of rotatable bonds is 6. The number of alkyl halides is 3. The van der Waals surface area contributed by atoms with Gasteiger partial charge in [0.1, 0.15) is 41.2 Å². The number of benzene rings is 2. The Labute approximate surface area is 203 Å². The second-order valence-electron chi connectivity index (χ2n) is 7.68. The summed E-state index contributed by atoms with van der Waals surface area (Å²) in [7, 11) is 0. The van der Waals surface area contributed by atoms with Crippen LogP contribution >= 0.6 is 11.8 Å².